The van der Waals surface area contributed by atoms with E-state index >= 15 is 0 Å². The van der Waals surface area contributed by atoms with Gasteiger partial charge in [0.1, 0.15) is 0 Å². The largest absolute Gasteiger partial charge is 0.215 e. The topological polar surface area (TPSA) is 37.4 Å². The first kappa shape index (κ1) is 8.91. The second-order valence-corrected chi connectivity index (χ2v) is 3.96. The van der Waals surface area contributed by atoms with Crippen molar-refractivity contribution in [2.45, 2.75) is 19.9 Å². The highest BCUT2D eigenvalue weighted by atomic mass is 32.2. The monoisotopic (exact) mass is 150 g/mol. The summed E-state index contributed by atoms with van der Waals surface area (Å²) >= 11 is 0. The van der Waals surface area contributed by atoms with E-state index < -0.39 is 10.0 Å². The van der Waals surface area contributed by atoms with E-state index in [0.29, 0.717) is 0 Å². The zero-order valence-electron chi connectivity index (χ0n) is 5.96. The van der Waals surface area contributed by atoms with Gasteiger partial charge in [0.15, 0.2) is 0 Å². The molecule has 0 fully saturated rings. The third-order valence-electron chi connectivity index (χ3n) is 1.17. The fraction of sp³-hybridized carbons (Fsp3) is 0.800. The Kier molecular flexibility index (Phi) is 2.64. The van der Waals surface area contributed by atoms with E-state index in [0.717, 1.165) is 0 Å². The minimum absolute atomic E-state index is 0.00694. The Bertz CT molecular complexity index is 171. The van der Waals surface area contributed by atoms with Gasteiger partial charge in [-0.25, -0.2) is 12.7 Å². The summed E-state index contributed by atoms with van der Waals surface area (Å²) in [5.74, 6) is 0. The Morgan fingerprint density at radius 1 is 1.44 bits per heavy atom. The summed E-state index contributed by atoms with van der Waals surface area (Å²) in [5.41, 5.74) is 0. The Morgan fingerprint density at radius 2 is 1.78 bits per heavy atom. The van der Waals surface area contributed by atoms with Crippen molar-refractivity contribution in [2.75, 3.05) is 7.05 Å². The molecule has 0 bridgehead atoms. The van der Waals surface area contributed by atoms with Crippen LogP contribution >= 0.6 is 0 Å². The molecule has 0 saturated heterocycles. The van der Waals surface area contributed by atoms with E-state index in [2.05, 4.69) is 6.26 Å². The van der Waals surface area contributed by atoms with Crippen LogP contribution in [0.4, 0.5) is 0 Å². The molecule has 0 aromatic rings. The lowest BCUT2D eigenvalue weighted by atomic mass is 10.4. The number of nitrogens with zero attached hydrogens (tertiary/aromatic N) is 1. The van der Waals surface area contributed by atoms with Crippen LogP contribution < -0.4 is 0 Å². The average Bonchev–Trinajstić information content (AvgIpc) is 1.62. The molecule has 0 aromatic heterocycles. The van der Waals surface area contributed by atoms with Gasteiger partial charge in [0.05, 0.1) is 6.26 Å². The Labute approximate surface area is 56.7 Å². The van der Waals surface area contributed by atoms with Gasteiger partial charge in [-0.1, -0.05) is 0 Å². The first-order valence-electron chi connectivity index (χ1n) is 2.66. The molecule has 0 unspecified atom stereocenters. The minimum Gasteiger partial charge on any atom is -0.212 e. The molecule has 9 heavy (non-hydrogen) atoms. The van der Waals surface area contributed by atoms with Gasteiger partial charge in [-0.05, 0) is 13.8 Å². The summed E-state index contributed by atoms with van der Waals surface area (Å²) in [5, 5.41) is 0. The van der Waals surface area contributed by atoms with Gasteiger partial charge in [-0.2, -0.15) is 0 Å². The quantitative estimate of drug-likeness (QED) is 0.573. The summed E-state index contributed by atoms with van der Waals surface area (Å²) < 4.78 is 22.4. The second kappa shape index (κ2) is 2.66. The van der Waals surface area contributed by atoms with Gasteiger partial charge in [-0.3, -0.25) is 0 Å². The van der Waals surface area contributed by atoms with Gasteiger partial charge < -0.3 is 0 Å². The molecule has 0 saturated carbocycles. The van der Waals surface area contributed by atoms with Crippen LogP contribution in [0.15, 0.2) is 0 Å². The first-order chi connectivity index (χ1) is 3.85. The van der Waals surface area contributed by atoms with Crippen molar-refractivity contribution in [1.82, 2.24) is 4.31 Å². The Hall–Kier alpha value is -0.0900. The molecule has 0 heterocycles. The number of hydrogen-bond donors (Lipinski definition) is 0. The molecule has 4 heteroatoms. The zero-order chi connectivity index (χ0) is 7.65. The van der Waals surface area contributed by atoms with Gasteiger partial charge in [-0.15, -0.1) is 0 Å². The van der Waals surface area contributed by atoms with Crippen LogP contribution in [-0.2, 0) is 10.0 Å². The van der Waals surface area contributed by atoms with Gasteiger partial charge in [0.2, 0.25) is 10.0 Å². The van der Waals surface area contributed by atoms with Crippen molar-refractivity contribution in [2.24, 2.45) is 0 Å². The van der Waals surface area contributed by atoms with Crippen molar-refractivity contribution in [1.29, 1.82) is 0 Å². The van der Waals surface area contributed by atoms with Crippen molar-refractivity contribution in [3.63, 3.8) is 0 Å². The van der Waals surface area contributed by atoms with E-state index in [9.17, 15) is 8.42 Å². The highest BCUT2D eigenvalue weighted by Gasteiger charge is 2.13. The fourth-order valence-electron chi connectivity index (χ4n) is 0.321. The van der Waals surface area contributed by atoms with Gasteiger partial charge in [0, 0.05) is 13.1 Å². The molecule has 0 spiro atoms. The van der Waals surface area contributed by atoms with Crippen molar-refractivity contribution >= 4 is 10.0 Å². The first-order valence-corrected chi connectivity index (χ1v) is 4.27. The molecular weight excluding hydrogens is 138 g/mol. The molecule has 0 atom stereocenters. The fourth-order valence-corrected chi connectivity index (χ4v) is 0.964. The third-order valence-corrected chi connectivity index (χ3v) is 2.47. The van der Waals surface area contributed by atoms with Crippen LogP contribution in [0, 0.1) is 6.26 Å². The number of hydrogen-bond acceptors (Lipinski definition) is 2. The highest BCUT2D eigenvalue weighted by Crippen LogP contribution is 2.00. The standard InChI is InChI=1S/C5H12NO2S/c1-5(2)6(3)9(4,7)8/h5H,4H2,1-3H3. The van der Waals surface area contributed by atoms with Crippen LogP contribution in [0.2, 0.25) is 0 Å². The molecule has 3 nitrogen and oxygen atoms in total. The van der Waals surface area contributed by atoms with E-state index in [4.69, 9.17) is 0 Å². The molecule has 0 rings (SSSR count). The predicted octanol–water partition coefficient (Wildman–Crippen LogP) is 0.448. The maximum absolute atomic E-state index is 10.6. The van der Waals surface area contributed by atoms with E-state index in [1.807, 2.05) is 0 Å². The number of sulfonamides is 1. The molecule has 0 aromatic carbocycles. The van der Waals surface area contributed by atoms with Gasteiger partial charge in [0.25, 0.3) is 0 Å². The summed E-state index contributed by atoms with van der Waals surface area (Å²) in [7, 11) is -1.71. The van der Waals surface area contributed by atoms with Crippen LogP contribution in [0.3, 0.4) is 0 Å². The van der Waals surface area contributed by atoms with Gasteiger partial charge >= 0.3 is 0 Å². The molecule has 0 amide bonds. The Balaban J connectivity index is 4.24. The lowest BCUT2D eigenvalue weighted by Gasteiger charge is -2.17. The Morgan fingerprint density at radius 3 is 1.78 bits per heavy atom. The van der Waals surface area contributed by atoms with Crippen LogP contribution in [-0.4, -0.2) is 25.8 Å². The zero-order valence-corrected chi connectivity index (χ0v) is 6.77. The molecular formula is C5H12NO2S. The molecule has 0 aliphatic heterocycles. The lowest BCUT2D eigenvalue weighted by molar-refractivity contribution is 0.416. The van der Waals surface area contributed by atoms with E-state index in [1.54, 1.807) is 13.8 Å². The third kappa shape index (κ3) is 2.81. The molecule has 0 aliphatic carbocycles. The molecule has 55 valence electrons. The lowest BCUT2D eigenvalue weighted by Crippen LogP contribution is -2.30. The van der Waals surface area contributed by atoms with Crippen molar-refractivity contribution in [3.05, 3.63) is 6.26 Å². The van der Waals surface area contributed by atoms with Crippen molar-refractivity contribution in [3.8, 4) is 0 Å². The summed E-state index contributed by atoms with van der Waals surface area (Å²) in [6.45, 7) is 3.59. The summed E-state index contributed by atoms with van der Waals surface area (Å²) in [6.07, 6.45) is 2.99. The molecule has 0 N–H and O–H groups in total. The summed E-state index contributed by atoms with van der Waals surface area (Å²) in [6, 6.07) is -0.00694. The maximum atomic E-state index is 10.6. The maximum Gasteiger partial charge on any atom is 0.215 e. The number of rotatable bonds is 2. The van der Waals surface area contributed by atoms with E-state index in [-0.39, 0.29) is 6.04 Å². The van der Waals surface area contributed by atoms with E-state index in [1.165, 1.54) is 11.4 Å². The molecule has 1 radical (unpaired) electrons. The van der Waals surface area contributed by atoms with Crippen LogP contribution in [0.5, 0.6) is 0 Å². The van der Waals surface area contributed by atoms with Crippen molar-refractivity contribution < 1.29 is 8.42 Å². The minimum atomic E-state index is -3.22. The highest BCUT2D eigenvalue weighted by molar-refractivity contribution is 7.90. The SMILES string of the molecule is [CH2]S(=O)(=O)N(C)C(C)C. The normalized spacial score (nSPS) is 13.1. The van der Waals surface area contributed by atoms with Crippen LogP contribution in [0.25, 0.3) is 0 Å². The smallest absolute Gasteiger partial charge is 0.212 e. The predicted molar refractivity (Wildman–Crippen MR) is 37.2 cm³/mol. The van der Waals surface area contributed by atoms with Crippen LogP contribution in [0.1, 0.15) is 13.8 Å². The molecule has 0 aliphatic rings. The summed E-state index contributed by atoms with van der Waals surface area (Å²) in [4.78, 5) is 0. The average molecular weight is 150 g/mol. The second-order valence-electron chi connectivity index (χ2n) is 2.22.